The second-order valence-corrected chi connectivity index (χ2v) is 5.59. The van der Waals surface area contributed by atoms with Gasteiger partial charge in [0, 0.05) is 6.54 Å². The number of hydrogen-bond donors (Lipinski definition) is 3. The molecule has 0 radical (unpaired) electrons. The van der Waals surface area contributed by atoms with E-state index < -0.39 is 5.91 Å². The number of hydrogen-bond acceptors (Lipinski definition) is 5. The summed E-state index contributed by atoms with van der Waals surface area (Å²) in [4.78, 5) is 22.5. The highest BCUT2D eigenvalue weighted by molar-refractivity contribution is 5.85. The predicted octanol–water partition coefficient (Wildman–Crippen LogP) is 0.597. The number of nitrogens with one attached hydrogen (secondary N) is 2. The molecule has 134 valence electrons. The summed E-state index contributed by atoms with van der Waals surface area (Å²) in [5.41, 5.74) is 5.93. The van der Waals surface area contributed by atoms with E-state index in [1.165, 1.54) is 20.0 Å². The minimum absolute atomic E-state index is 0. The van der Waals surface area contributed by atoms with Gasteiger partial charge in [-0.05, 0) is 43.0 Å². The number of carbonyl (C=O) groups excluding carboxylic acids is 2. The third-order valence-electron chi connectivity index (χ3n) is 3.50. The van der Waals surface area contributed by atoms with Crippen LogP contribution in [0.4, 0.5) is 0 Å². The Hall–Kier alpha value is -1.99. The van der Waals surface area contributed by atoms with E-state index in [1.54, 1.807) is 18.2 Å². The van der Waals surface area contributed by atoms with Crippen molar-refractivity contribution in [1.82, 2.24) is 10.6 Å². The summed E-state index contributed by atoms with van der Waals surface area (Å²) in [5, 5.41) is 5.98. The van der Waals surface area contributed by atoms with Gasteiger partial charge >= 0.3 is 0 Å². The van der Waals surface area contributed by atoms with Crippen LogP contribution in [0, 0.1) is 5.92 Å². The molecule has 0 bridgehead atoms. The van der Waals surface area contributed by atoms with Gasteiger partial charge in [0.25, 0.3) is 5.91 Å². The Balaban J connectivity index is 0.00000288. The molecular weight excluding hydrogens is 334 g/mol. The highest BCUT2D eigenvalue weighted by Crippen LogP contribution is 2.28. The fraction of sp³-hybridized carbons (Fsp3) is 0.500. The van der Waals surface area contributed by atoms with E-state index in [2.05, 4.69) is 10.6 Å². The topological polar surface area (TPSA) is 103 Å². The van der Waals surface area contributed by atoms with Gasteiger partial charge < -0.3 is 25.8 Å². The molecule has 2 amide bonds. The van der Waals surface area contributed by atoms with Crippen molar-refractivity contribution in [2.24, 2.45) is 11.7 Å². The summed E-state index contributed by atoms with van der Waals surface area (Å²) < 4.78 is 10.5. The van der Waals surface area contributed by atoms with Gasteiger partial charge in [0.1, 0.15) is 0 Å². The van der Waals surface area contributed by atoms with Crippen LogP contribution in [0.5, 0.6) is 11.5 Å². The molecule has 1 aliphatic carbocycles. The minimum Gasteiger partial charge on any atom is -0.493 e. The zero-order chi connectivity index (χ0) is 16.7. The molecule has 0 spiro atoms. The molecule has 1 aromatic carbocycles. The molecule has 1 fully saturated rings. The third-order valence-corrected chi connectivity index (χ3v) is 3.50. The standard InChI is InChI=1S/C16H23N3O4.ClH/c1-22-14-6-12(4-5-13(14)23-10-15(17)20)8-19-16(21)9-18-7-11-2-3-11;/h4-6,11,18H,2-3,7-10H2,1H3,(H2,17,20)(H,19,21);1H. The minimum atomic E-state index is -0.554. The van der Waals surface area contributed by atoms with Crippen LogP contribution in [0.3, 0.4) is 0 Å². The first-order valence-corrected chi connectivity index (χ1v) is 7.64. The molecule has 7 nitrogen and oxygen atoms in total. The maximum atomic E-state index is 11.7. The third kappa shape index (κ3) is 7.06. The fourth-order valence-electron chi connectivity index (χ4n) is 2.07. The second kappa shape index (κ2) is 10.00. The lowest BCUT2D eigenvalue weighted by atomic mass is 10.2. The summed E-state index contributed by atoms with van der Waals surface area (Å²) in [7, 11) is 1.51. The number of ether oxygens (including phenoxy) is 2. The van der Waals surface area contributed by atoms with Crippen LogP contribution in [0.2, 0.25) is 0 Å². The van der Waals surface area contributed by atoms with Gasteiger partial charge in [0.15, 0.2) is 18.1 Å². The first kappa shape index (κ1) is 20.1. The fourth-order valence-corrected chi connectivity index (χ4v) is 2.07. The largest absolute Gasteiger partial charge is 0.493 e. The van der Waals surface area contributed by atoms with Crippen LogP contribution in [-0.2, 0) is 16.1 Å². The van der Waals surface area contributed by atoms with Crippen LogP contribution in [0.25, 0.3) is 0 Å². The summed E-state index contributed by atoms with van der Waals surface area (Å²) >= 11 is 0. The van der Waals surface area contributed by atoms with Gasteiger partial charge in [-0.25, -0.2) is 0 Å². The molecule has 4 N–H and O–H groups in total. The molecule has 2 rings (SSSR count). The summed E-state index contributed by atoms with van der Waals surface area (Å²) in [6.45, 7) is 1.43. The van der Waals surface area contributed by atoms with Crippen molar-refractivity contribution in [2.45, 2.75) is 19.4 Å². The summed E-state index contributed by atoms with van der Waals surface area (Å²) in [6.07, 6.45) is 2.52. The van der Waals surface area contributed by atoms with E-state index in [9.17, 15) is 9.59 Å². The average molecular weight is 358 g/mol. The average Bonchev–Trinajstić information content (AvgIpc) is 3.35. The molecule has 1 aliphatic rings. The molecule has 0 aliphatic heterocycles. The van der Waals surface area contributed by atoms with Gasteiger partial charge in [-0.15, -0.1) is 12.4 Å². The van der Waals surface area contributed by atoms with Gasteiger partial charge in [-0.3, -0.25) is 9.59 Å². The van der Waals surface area contributed by atoms with Crippen molar-refractivity contribution < 1.29 is 19.1 Å². The molecule has 24 heavy (non-hydrogen) atoms. The molecule has 1 saturated carbocycles. The Labute approximate surface area is 147 Å². The van der Waals surface area contributed by atoms with Crippen molar-refractivity contribution in [2.75, 3.05) is 26.8 Å². The van der Waals surface area contributed by atoms with Crippen LogP contribution in [0.1, 0.15) is 18.4 Å². The van der Waals surface area contributed by atoms with Crippen molar-refractivity contribution in [3.63, 3.8) is 0 Å². The lowest BCUT2D eigenvalue weighted by Crippen LogP contribution is -2.34. The Morgan fingerprint density at radius 1 is 1.29 bits per heavy atom. The zero-order valence-corrected chi connectivity index (χ0v) is 14.5. The van der Waals surface area contributed by atoms with Crippen molar-refractivity contribution in [1.29, 1.82) is 0 Å². The molecule has 0 heterocycles. The van der Waals surface area contributed by atoms with Crippen LogP contribution < -0.4 is 25.8 Å². The van der Waals surface area contributed by atoms with E-state index in [4.69, 9.17) is 15.2 Å². The lowest BCUT2D eigenvalue weighted by Gasteiger charge is -2.12. The molecule has 0 saturated heterocycles. The normalized spacial score (nSPS) is 12.9. The predicted molar refractivity (Wildman–Crippen MR) is 92.4 cm³/mol. The molecule has 0 unspecified atom stereocenters. The monoisotopic (exact) mass is 357 g/mol. The summed E-state index contributed by atoms with van der Waals surface area (Å²) in [5.74, 6) is 1.08. The first-order chi connectivity index (χ1) is 11.1. The molecular formula is C16H24ClN3O4. The maximum Gasteiger partial charge on any atom is 0.255 e. The smallest absolute Gasteiger partial charge is 0.255 e. The van der Waals surface area contributed by atoms with Gasteiger partial charge in [-0.1, -0.05) is 6.07 Å². The molecule has 0 aromatic heterocycles. The number of primary amides is 1. The van der Waals surface area contributed by atoms with Crippen LogP contribution in [0.15, 0.2) is 18.2 Å². The van der Waals surface area contributed by atoms with Gasteiger partial charge in [0.2, 0.25) is 5.91 Å². The SMILES string of the molecule is COc1cc(CNC(=O)CNCC2CC2)ccc1OCC(N)=O.Cl. The number of carbonyl (C=O) groups is 2. The quantitative estimate of drug-likeness (QED) is 0.569. The number of benzene rings is 1. The highest BCUT2D eigenvalue weighted by atomic mass is 35.5. The van der Waals surface area contributed by atoms with Gasteiger partial charge in [-0.2, -0.15) is 0 Å². The first-order valence-electron chi connectivity index (χ1n) is 7.64. The number of methoxy groups -OCH3 is 1. The second-order valence-electron chi connectivity index (χ2n) is 5.59. The highest BCUT2D eigenvalue weighted by Gasteiger charge is 2.20. The Morgan fingerprint density at radius 3 is 2.67 bits per heavy atom. The van der Waals surface area contributed by atoms with Crippen molar-refractivity contribution in [3.8, 4) is 11.5 Å². The van der Waals surface area contributed by atoms with Crippen LogP contribution >= 0.6 is 12.4 Å². The van der Waals surface area contributed by atoms with E-state index in [0.29, 0.717) is 24.6 Å². The maximum absolute atomic E-state index is 11.7. The van der Waals surface area contributed by atoms with E-state index in [-0.39, 0.29) is 24.9 Å². The van der Waals surface area contributed by atoms with Gasteiger partial charge in [0.05, 0.1) is 13.7 Å². The Kier molecular flexibility index (Phi) is 8.35. The number of rotatable bonds is 10. The Morgan fingerprint density at radius 2 is 2.04 bits per heavy atom. The van der Waals surface area contributed by atoms with Crippen molar-refractivity contribution >= 4 is 24.2 Å². The molecule has 8 heteroatoms. The molecule has 1 aromatic rings. The van der Waals surface area contributed by atoms with E-state index >= 15 is 0 Å². The van der Waals surface area contributed by atoms with E-state index in [0.717, 1.165) is 18.0 Å². The zero-order valence-electron chi connectivity index (χ0n) is 13.7. The van der Waals surface area contributed by atoms with Crippen LogP contribution in [-0.4, -0.2) is 38.6 Å². The Bertz CT molecular complexity index is 564. The lowest BCUT2D eigenvalue weighted by molar-refractivity contribution is -0.121. The number of halogens is 1. The van der Waals surface area contributed by atoms with E-state index in [1.807, 2.05) is 0 Å². The number of nitrogens with two attached hydrogens (primary N) is 1. The number of amides is 2. The summed E-state index contributed by atoms with van der Waals surface area (Å²) in [6, 6.07) is 5.25. The molecule has 0 atom stereocenters. The van der Waals surface area contributed by atoms with Crippen molar-refractivity contribution in [3.05, 3.63) is 23.8 Å².